The SMILES string of the molecule is CC(=O)C[C@H](NC(=O)[C@@H](CC(C)C)n1cc(CN2CCOCC2)ccc1=O)c1cncc(-c2c(C)cccc2C)c1. The van der Waals surface area contributed by atoms with Gasteiger partial charge in [0, 0.05) is 56.3 Å². The minimum Gasteiger partial charge on any atom is -0.379 e. The van der Waals surface area contributed by atoms with Gasteiger partial charge in [-0.15, -0.1) is 0 Å². The van der Waals surface area contributed by atoms with E-state index >= 15 is 0 Å². The summed E-state index contributed by atoms with van der Waals surface area (Å²) >= 11 is 0. The average Bonchev–Trinajstić information content (AvgIpc) is 2.93. The fourth-order valence-electron chi connectivity index (χ4n) is 5.56. The molecule has 1 fully saturated rings. The third-order valence-electron chi connectivity index (χ3n) is 7.58. The summed E-state index contributed by atoms with van der Waals surface area (Å²) in [6.45, 7) is 13.4. The van der Waals surface area contributed by atoms with Crippen molar-refractivity contribution in [2.24, 2.45) is 5.92 Å². The molecular formula is C33H42N4O4. The maximum atomic E-state index is 13.9. The summed E-state index contributed by atoms with van der Waals surface area (Å²) in [5, 5.41) is 3.12. The Morgan fingerprint density at radius 3 is 2.41 bits per heavy atom. The summed E-state index contributed by atoms with van der Waals surface area (Å²) < 4.78 is 7.02. The minimum atomic E-state index is -0.712. The van der Waals surface area contributed by atoms with Crippen molar-refractivity contribution in [2.45, 2.75) is 66.1 Å². The van der Waals surface area contributed by atoms with Gasteiger partial charge in [-0.05, 0) is 67.0 Å². The van der Waals surface area contributed by atoms with Gasteiger partial charge in [-0.25, -0.2) is 0 Å². The fourth-order valence-corrected chi connectivity index (χ4v) is 5.56. The molecule has 4 rings (SSSR count). The number of nitrogens with one attached hydrogen (secondary N) is 1. The van der Waals surface area contributed by atoms with Gasteiger partial charge in [0.1, 0.15) is 11.8 Å². The highest BCUT2D eigenvalue weighted by Gasteiger charge is 2.27. The van der Waals surface area contributed by atoms with Gasteiger partial charge in [-0.3, -0.25) is 24.3 Å². The summed E-state index contributed by atoms with van der Waals surface area (Å²) in [6, 6.07) is 10.2. The number of pyridine rings is 2. The van der Waals surface area contributed by atoms with Crippen molar-refractivity contribution >= 4 is 11.7 Å². The second kappa shape index (κ2) is 13.8. The smallest absolute Gasteiger partial charge is 0.251 e. The number of aromatic nitrogens is 2. The van der Waals surface area contributed by atoms with E-state index in [0.717, 1.165) is 46.5 Å². The van der Waals surface area contributed by atoms with Crippen LogP contribution in [0.2, 0.25) is 0 Å². The molecule has 2 aromatic heterocycles. The first-order chi connectivity index (χ1) is 19.6. The number of rotatable bonds is 11. The van der Waals surface area contributed by atoms with Gasteiger partial charge >= 0.3 is 0 Å². The Morgan fingerprint density at radius 2 is 1.76 bits per heavy atom. The molecule has 41 heavy (non-hydrogen) atoms. The molecule has 1 saturated heterocycles. The summed E-state index contributed by atoms with van der Waals surface area (Å²) in [6.07, 6.45) is 5.95. The lowest BCUT2D eigenvalue weighted by molar-refractivity contribution is -0.126. The van der Waals surface area contributed by atoms with E-state index < -0.39 is 12.1 Å². The highest BCUT2D eigenvalue weighted by Crippen LogP contribution is 2.30. The number of ether oxygens (including phenoxy) is 1. The number of hydrogen-bond donors (Lipinski definition) is 1. The standard InChI is InChI=1S/C33H42N4O4/c1-22(2)15-30(37-21-26(9-10-31(37)39)20-36-11-13-41-14-12-36)33(40)35-29(16-25(5)38)27-17-28(19-34-18-27)32-23(3)7-6-8-24(32)4/h6-10,17-19,21-22,29-30H,11-16,20H2,1-5H3,(H,35,40)/t29-,30+/m0/s1. The molecule has 3 heterocycles. The first-order valence-corrected chi connectivity index (χ1v) is 14.4. The topological polar surface area (TPSA) is 93.5 Å². The number of carbonyl (C=O) groups is 2. The Bertz CT molecular complexity index is 1400. The predicted octanol–water partition coefficient (Wildman–Crippen LogP) is 4.78. The van der Waals surface area contributed by atoms with Crippen molar-refractivity contribution in [2.75, 3.05) is 26.3 Å². The molecule has 1 aliphatic heterocycles. The van der Waals surface area contributed by atoms with Gasteiger partial charge in [0.15, 0.2) is 0 Å². The Kier molecular flexibility index (Phi) is 10.2. The molecule has 1 amide bonds. The van der Waals surface area contributed by atoms with Crippen molar-refractivity contribution in [3.8, 4) is 11.1 Å². The monoisotopic (exact) mass is 558 g/mol. The normalized spacial score (nSPS) is 15.5. The molecule has 0 aliphatic carbocycles. The van der Waals surface area contributed by atoms with Crippen LogP contribution in [0.4, 0.5) is 0 Å². The number of hydrogen-bond acceptors (Lipinski definition) is 6. The van der Waals surface area contributed by atoms with E-state index in [1.807, 2.05) is 44.4 Å². The molecule has 3 aromatic rings. The third kappa shape index (κ3) is 7.99. The number of benzene rings is 1. The number of carbonyl (C=O) groups excluding carboxylic acids is 2. The van der Waals surface area contributed by atoms with Crippen LogP contribution in [0.25, 0.3) is 11.1 Å². The van der Waals surface area contributed by atoms with Gasteiger partial charge in [0.25, 0.3) is 5.56 Å². The first kappa shape index (κ1) is 30.3. The van der Waals surface area contributed by atoms with Crippen molar-refractivity contribution in [1.82, 2.24) is 19.8 Å². The number of nitrogens with zero attached hydrogens (tertiary/aromatic N) is 3. The van der Waals surface area contributed by atoms with E-state index in [1.165, 1.54) is 6.92 Å². The zero-order chi connectivity index (χ0) is 29.5. The number of morpholine rings is 1. The maximum Gasteiger partial charge on any atom is 0.251 e. The molecule has 1 aliphatic rings. The van der Waals surface area contributed by atoms with Gasteiger partial charge in [0.05, 0.1) is 19.3 Å². The van der Waals surface area contributed by atoms with Crippen molar-refractivity contribution in [1.29, 1.82) is 0 Å². The van der Waals surface area contributed by atoms with Crippen LogP contribution in [0.1, 0.15) is 68.0 Å². The van der Waals surface area contributed by atoms with Crippen LogP contribution in [0.3, 0.4) is 0 Å². The summed E-state index contributed by atoms with van der Waals surface area (Å²) in [5.41, 5.74) is 5.79. The number of Topliss-reactive ketones (excluding diaryl/α,β-unsaturated/α-hetero) is 1. The summed E-state index contributed by atoms with van der Waals surface area (Å²) in [5.74, 6) is -0.160. The van der Waals surface area contributed by atoms with Crippen LogP contribution in [0.15, 0.2) is 59.8 Å². The lowest BCUT2D eigenvalue weighted by atomic mass is 9.94. The average molecular weight is 559 g/mol. The fraction of sp³-hybridized carbons (Fsp3) is 0.455. The molecule has 8 nitrogen and oxygen atoms in total. The van der Waals surface area contributed by atoms with Crippen LogP contribution in [-0.4, -0.2) is 52.4 Å². The predicted molar refractivity (Wildman–Crippen MR) is 161 cm³/mol. The Morgan fingerprint density at radius 1 is 1.05 bits per heavy atom. The van der Waals surface area contributed by atoms with Gasteiger partial charge < -0.3 is 14.6 Å². The molecule has 0 radical (unpaired) electrons. The quantitative estimate of drug-likeness (QED) is 0.364. The van der Waals surface area contributed by atoms with Crippen LogP contribution in [-0.2, 0) is 20.9 Å². The Balaban J connectivity index is 1.64. The van der Waals surface area contributed by atoms with Crippen LogP contribution in [0.5, 0.6) is 0 Å². The molecule has 8 heteroatoms. The van der Waals surface area contributed by atoms with Gasteiger partial charge in [0.2, 0.25) is 5.91 Å². The molecule has 0 saturated carbocycles. The van der Waals surface area contributed by atoms with Crippen LogP contribution >= 0.6 is 0 Å². The Hall–Kier alpha value is -3.62. The molecule has 0 spiro atoms. The van der Waals surface area contributed by atoms with Crippen molar-refractivity contribution in [3.63, 3.8) is 0 Å². The zero-order valence-electron chi connectivity index (χ0n) is 24.9. The molecule has 0 bridgehead atoms. The lowest BCUT2D eigenvalue weighted by Crippen LogP contribution is -2.40. The highest BCUT2D eigenvalue weighted by atomic mass is 16.5. The van der Waals surface area contributed by atoms with E-state index in [2.05, 4.69) is 41.2 Å². The summed E-state index contributed by atoms with van der Waals surface area (Å²) in [7, 11) is 0. The third-order valence-corrected chi connectivity index (χ3v) is 7.58. The van der Waals surface area contributed by atoms with E-state index in [9.17, 15) is 14.4 Å². The van der Waals surface area contributed by atoms with Gasteiger partial charge in [-0.1, -0.05) is 38.1 Å². The maximum absolute atomic E-state index is 13.9. The van der Waals surface area contributed by atoms with Crippen LogP contribution < -0.4 is 10.9 Å². The molecule has 0 unspecified atom stereocenters. The number of amides is 1. The van der Waals surface area contributed by atoms with Crippen molar-refractivity contribution < 1.29 is 14.3 Å². The number of aryl methyl sites for hydroxylation is 2. The molecule has 2 atom stereocenters. The summed E-state index contributed by atoms with van der Waals surface area (Å²) in [4.78, 5) is 46.1. The first-order valence-electron chi connectivity index (χ1n) is 14.4. The van der Waals surface area contributed by atoms with Gasteiger partial charge in [-0.2, -0.15) is 0 Å². The van der Waals surface area contributed by atoms with E-state index in [4.69, 9.17) is 4.74 Å². The Labute approximate surface area is 242 Å². The second-order valence-electron chi connectivity index (χ2n) is 11.6. The minimum absolute atomic E-state index is 0.0436. The molecule has 218 valence electrons. The van der Waals surface area contributed by atoms with E-state index in [-0.39, 0.29) is 29.6 Å². The molecule has 1 aromatic carbocycles. The zero-order valence-corrected chi connectivity index (χ0v) is 24.9. The molecular weight excluding hydrogens is 516 g/mol. The number of ketones is 1. The van der Waals surface area contributed by atoms with Crippen molar-refractivity contribution in [3.05, 3.63) is 87.6 Å². The lowest BCUT2D eigenvalue weighted by Gasteiger charge is -2.28. The van der Waals surface area contributed by atoms with E-state index in [0.29, 0.717) is 26.2 Å². The van der Waals surface area contributed by atoms with Crippen LogP contribution in [0, 0.1) is 19.8 Å². The van der Waals surface area contributed by atoms with E-state index in [1.54, 1.807) is 16.8 Å². The molecule has 1 N–H and O–H groups in total. The largest absolute Gasteiger partial charge is 0.379 e. The highest BCUT2D eigenvalue weighted by molar-refractivity contribution is 5.83. The second-order valence-corrected chi connectivity index (χ2v) is 11.6.